The Morgan fingerprint density at radius 2 is 2.00 bits per heavy atom. The van der Waals surface area contributed by atoms with Crippen LogP contribution in [-0.2, 0) is 6.42 Å². The van der Waals surface area contributed by atoms with Gasteiger partial charge in [-0.05, 0) is 41.8 Å². The molecule has 0 saturated carbocycles. The molecule has 0 aliphatic heterocycles. The predicted molar refractivity (Wildman–Crippen MR) is 79.5 cm³/mol. The minimum Gasteiger partial charge on any atom is -0.497 e. The normalized spacial score (nSPS) is 11.7. The number of nitrogens with one attached hydrogen (secondary N) is 1. The molecule has 0 spiro atoms. The van der Waals surface area contributed by atoms with E-state index in [-0.39, 0.29) is 11.9 Å². The third-order valence-electron chi connectivity index (χ3n) is 3.23. The molecule has 3 nitrogen and oxygen atoms in total. The summed E-state index contributed by atoms with van der Waals surface area (Å²) in [5, 5.41) is 12.5. The lowest BCUT2D eigenvalue weighted by molar-refractivity contribution is 0.413. The van der Waals surface area contributed by atoms with Crippen molar-refractivity contribution in [2.75, 3.05) is 13.7 Å². The number of hydrogen-bond donors (Lipinski definition) is 1. The molecule has 108 valence electrons. The fourth-order valence-corrected chi connectivity index (χ4v) is 2.07. The van der Waals surface area contributed by atoms with Crippen LogP contribution in [0.5, 0.6) is 5.75 Å². The molecule has 21 heavy (non-hydrogen) atoms. The predicted octanol–water partition coefficient (Wildman–Crippen LogP) is 3.23. The number of rotatable bonds is 6. The van der Waals surface area contributed by atoms with Gasteiger partial charge in [0.1, 0.15) is 17.6 Å². The van der Waals surface area contributed by atoms with Crippen molar-refractivity contribution in [2.45, 2.75) is 12.5 Å². The summed E-state index contributed by atoms with van der Waals surface area (Å²) < 4.78 is 18.0. The van der Waals surface area contributed by atoms with E-state index < -0.39 is 0 Å². The van der Waals surface area contributed by atoms with Gasteiger partial charge in [0.2, 0.25) is 0 Å². The molecule has 0 saturated heterocycles. The van der Waals surface area contributed by atoms with Gasteiger partial charge in [0.25, 0.3) is 0 Å². The molecule has 0 fully saturated rings. The van der Waals surface area contributed by atoms with Crippen LogP contribution in [0.4, 0.5) is 4.39 Å². The fraction of sp³-hybridized carbons (Fsp3) is 0.235. The van der Waals surface area contributed by atoms with Gasteiger partial charge in [0.05, 0.1) is 13.2 Å². The molecule has 2 aromatic rings. The SMILES string of the molecule is COc1cccc(C(C#N)NCCc2ccc(F)cc2)c1. The average molecular weight is 284 g/mol. The number of nitrogens with zero attached hydrogens (tertiary/aromatic N) is 1. The van der Waals surface area contributed by atoms with Crippen molar-refractivity contribution >= 4 is 0 Å². The smallest absolute Gasteiger partial charge is 0.123 e. The molecule has 1 atom stereocenters. The molecule has 0 bridgehead atoms. The molecule has 2 aromatic carbocycles. The third kappa shape index (κ3) is 4.30. The van der Waals surface area contributed by atoms with Crippen LogP contribution in [0.1, 0.15) is 17.2 Å². The van der Waals surface area contributed by atoms with Crippen molar-refractivity contribution in [3.8, 4) is 11.8 Å². The van der Waals surface area contributed by atoms with Crippen LogP contribution < -0.4 is 10.1 Å². The first-order chi connectivity index (χ1) is 10.2. The first kappa shape index (κ1) is 15.0. The molecule has 2 rings (SSSR count). The first-order valence-electron chi connectivity index (χ1n) is 6.74. The second-order valence-electron chi connectivity index (χ2n) is 4.67. The van der Waals surface area contributed by atoms with Crippen molar-refractivity contribution in [1.82, 2.24) is 5.32 Å². The highest BCUT2D eigenvalue weighted by atomic mass is 19.1. The molecular formula is C17H17FN2O. The van der Waals surface area contributed by atoms with Gasteiger partial charge in [0.15, 0.2) is 0 Å². The van der Waals surface area contributed by atoms with E-state index in [1.54, 1.807) is 19.2 Å². The second kappa shape index (κ2) is 7.41. The summed E-state index contributed by atoms with van der Waals surface area (Å²) in [6.45, 7) is 0.640. The molecule has 4 heteroatoms. The Hall–Kier alpha value is -2.38. The van der Waals surface area contributed by atoms with Crippen molar-refractivity contribution in [3.05, 3.63) is 65.5 Å². The second-order valence-corrected chi connectivity index (χ2v) is 4.67. The Labute approximate surface area is 124 Å². The number of nitriles is 1. The van der Waals surface area contributed by atoms with Crippen LogP contribution in [0.25, 0.3) is 0 Å². The number of ether oxygens (including phenoxy) is 1. The molecule has 0 radical (unpaired) electrons. The Kier molecular flexibility index (Phi) is 5.30. The average Bonchev–Trinajstić information content (AvgIpc) is 2.53. The van der Waals surface area contributed by atoms with Crippen LogP contribution in [0, 0.1) is 17.1 Å². The topological polar surface area (TPSA) is 45.0 Å². The lowest BCUT2D eigenvalue weighted by atomic mass is 10.1. The Morgan fingerprint density at radius 3 is 2.67 bits per heavy atom. The molecule has 1 unspecified atom stereocenters. The summed E-state index contributed by atoms with van der Waals surface area (Å²) in [5.41, 5.74) is 1.90. The van der Waals surface area contributed by atoms with Gasteiger partial charge in [-0.15, -0.1) is 0 Å². The standard InChI is InChI=1S/C17H17FN2O/c1-21-16-4-2-3-14(11-16)17(12-19)20-10-9-13-5-7-15(18)8-6-13/h2-8,11,17,20H,9-10H2,1H3. The molecule has 0 amide bonds. The van der Waals surface area contributed by atoms with Crippen LogP contribution in [0.2, 0.25) is 0 Å². The van der Waals surface area contributed by atoms with Crippen molar-refractivity contribution in [2.24, 2.45) is 0 Å². The zero-order valence-electron chi connectivity index (χ0n) is 11.8. The van der Waals surface area contributed by atoms with E-state index in [9.17, 15) is 9.65 Å². The van der Waals surface area contributed by atoms with Crippen molar-refractivity contribution in [1.29, 1.82) is 5.26 Å². The number of methoxy groups -OCH3 is 1. The molecular weight excluding hydrogens is 267 g/mol. The van der Waals surface area contributed by atoms with Crippen LogP contribution in [0.3, 0.4) is 0 Å². The molecule has 0 aromatic heterocycles. The van der Waals surface area contributed by atoms with E-state index in [1.165, 1.54) is 12.1 Å². The quantitative estimate of drug-likeness (QED) is 0.885. The maximum atomic E-state index is 12.8. The Bertz CT molecular complexity index is 619. The molecule has 0 aliphatic rings. The zero-order chi connectivity index (χ0) is 15.1. The van der Waals surface area contributed by atoms with E-state index in [4.69, 9.17) is 4.74 Å². The van der Waals surface area contributed by atoms with Crippen LogP contribution >= 0.6 is 0 Å². The van der Waals surface area contributed by atoms with Gasteiger partial charge in [-0.2, -0.15) is 5.26 Å². The summed E-state index contributed by atoms with van der Waals surface area (Å²) in [6.07, 6.45) is 0.739. The van der Waals surface area contributed by atoms with Gasteiger partial charge in [0, 0.05) is 6.54 Å². The number of hydrogen-bond acceptors (Lipinski definition) is 3. The van der Waals surface area contributed by atoms with Gasteiger partial charge in [-0.1, -0.05) is 24.3 Å². The summed E-state index contributed by atoms with van der Waals surface area (Å²) >= 11 is 0. The highest BCUT2D eigenvalue weighted by Gasteiger charge is 2.10. The fourth-order valence-electron chi connectivity index (χ4n) is 2.07. The summed E-state index contributed by atoms with van der Waals surface area (Å²) in [4.78, 5) is 0. The van der Waals surface area contributed by atoms with Gasteiger partial charge >= 0.3 is 0 Å². The van der Waals surface area contributed by atoms with E-state index in [2.05, 4.69) is 11.4 Å². The third-order valence-corrected chi connectivity index (χ3v) is 3.23. The van der Waals surface area contributed by atoms with Gasteiger partial charge < -0.3 is 4.74 Å². The van der Waals surface area contributed by atoms with E-state index in [1.807, 2.05) is 24.3 Å². The minimum absolute atomic E-state index is 0.238. The molecule has 1 N–H and O–H groups in total. The van der Waals surface area contributed by atoms with Crippen LogP contribution in [-0.4, -0.2) is 13.7 Å². The van der Waals surface area contributed by atoms with E-state index >= 15 is 0 Å². The lowest BCUT2D eigenvalue weighted by Crippen LogP contribution is -2.22. The highest BCUT2D eigenvalue weighted by Crippen LogP contribution is 2.18. The van der Waals surface area contributed by atoms with E-state index in [0.29, 0.717) is 6.54 Å². The molecule has 0 heterocycles. The molecule has 0 aliphatic carbocycles. The lowest BCUT2D eigenvalue weighted by Gasteiger charge is -2.13. The largest absolute Gasteiger partial charge is 0.497 e. The Balaban J connectivity index is 1.93. The van der Waals surface area contributed by atoms with Crippen LogP contribution in [0.15, 0.2) is 48.5 Å². The summed E-state index contributed by atoms with van der Waals surface area (Å²) in [5.74, 6) is 0.492. The van der Waals surface area contributed by atoms with Gasteiger partial charge in [-0.3, -0.25) is 5.32 Å². The minimum atomic E-state index is -0.388. The van der Waals surface area contributed by atoms with Crippen molar-refractivity contribution in [3.63, 3.8) is 0 Å². The summed E-state index contributed by atoms with van der Waals surface area (Å²) in [7, 11) is 1.60. The van der Waals surface area contributed by atoms with E-state index in [0.717, 1.165) is 23.3 Å². The zero-order valence-corrected chi connectivity index (χ0v) is 11.8. The number of benzene rings is 2. The first-order valence-corrected chi connectivity index (χ1v) is 6.74. The van der Waals surface area contributed by atoms with Gasteiger partial charge in [-0.25, -0.2) is 4.39 Å². The number of halogens is 1. The maximum absolute atomic E-state index is 12.8. The maximum Gasteiger partial charge on any atom is 0.123 e. The van der Waals surface area contributed by atoms with Crippen molar-refractivity contribution < 1.29 is 9.13 Å². The monoisotopic (exact) mass is 284 g/mol. The highest BCUT2D eigenvalue weighted by molar-refractivity contribution is 5.33. The summed E-state index contributed by atoms with van der Waals surface area (Å²) in [6, 6.07) is 15.7. The Morgan fingerprint density at radius 1 is 1.24 bits per heavy atom.